The third kappa shape index (κ3) is 4.23. The van der Waals surface area contributed by atoms with Crippen molar-refractivity contribution < 1.29 is 9.59 Å². The summed E-state index contributed by atoms with van der Waals surface area (Å²) in [7, 11) is 0. The first-order chi connectivity index (χ1) is 13.4. The van der Waals surface area contributed by atoms with Gasteiger partial charge in [-0.1, -0.05) is 41.9 Å². The van der Waals surface area contributed by atoms with Crippen LogP contribution >= 0.6 is 11.6 Å². The topological polar surface area (TPSA) is 90.0 Å². The molecule has 0 spiro atoms. The van der Waals surface area contributed by atoms with Gasteiger partial charge >= 0.3 is 0 Å². The highest BCUT2D eigenvalue weighted by atomic mass is 35.5. The van der Waals surface area contributed by atoms with Crippen LogP contribution in [0.15, 0.2) is 54.7 Å². The molecule has 28 heavy (non-hydrogen) atoms. The van der Waals surface area contributed by atoms with Crippen LogP contribution < -0.4 is 11.1 Å². The lowest BCUT2D eigenvalue weighted by Gasteiger charge is -2.16. The number of nitrogens with two attached hydrogens (primary N) is 1. The van der Waals surface area contributed by atoms with Gasteiger partial charge in [-0.2, -0.15) is 5.10 Å². The van der Waals surface area contributed by atoms with Crippen molar-refractivity contribution in [2.75, 3.05) is 0 Å². The van der Waals surface area contributed by atoms with Gasteiger partial charge in [-0.05, 0) is 43.2 Å². The van der Waals surface area contributed by atoms with Gasteiger partial charge < -0.3 is 11.1 Å². The van der Waals surface area contributed by atoms with Crippen molar-refractivity contribution >= 4 is 23.4 Å². The van der Waals surface area contributed by atoms with Crippen LogP contribution in [0.4, 0.5) is 0 Å². The predicted octanol–water partition coefficient (Wildman–Crippen LogP) is 2.97. The van der Waals surface area contributed by atoms with Gasteiger partial charge in [-0.3, -0.25) is 9.59 Å². The zero-order valence-electron chi connectivity index (χ0n) is 15.6. The Kier molecular flexibility index (Phi) is 5.80. The van der Waals surface area contributed by atoms with E-state index in [4.69, 9.17) is 17.3 Å². The molecule has 0 aliphatic carbocycles. The lowest BCUT2D eigenvalue weighted by molar-refractivity contribution is -0.119. The normalized spacial score (nSPS) is 11.8. The zero-order valence-corrected chi connectivity index (χ0v) is 16.4. The highest BCUT2D eigenvalue weighted by Gasteiger charge is 2.22. The summed E-state index contributed by atoms with van der Waals surface area (Å²) in [5.41, 5.74) is 9.35. The average molecular weight is 397 g/mol. The first-order valence-electron chi connectivity index (χ1n) is 8.82. The Morgan fingerprint density at radius 2 is 1.82 bits per heavy atom. The van der Waals surface area contributed by atoms with Crippen molar-refractivity contribution in [2.24, 2.45) is 5.73 Å². The summed E-state index contributed by atoms with van der Waals surface area (Å²) in [6.45, 7) is 3.79. The molecule has 0 aliphatic rings. The Bertz CT molecular complexity index is 1010. The van der Waals surface area contributed by atoms with Crippen LogP contribution in [-0.4, -0.2) is 27.6 Å². The van der Waals surface area contributed by atoms with Crippen LogP contribution in [-0.2, 0) is 11.2 Å². The Morgan fingerprint density at radius 3 is 2.46 bits per heavy atom. The summed E-state index contributed by atoms with van der Waals surface area (Å²) in [6, 6.07) is 14.0. The van der Waals surface area contributed by atoms with Crippen LogP contribution in [0.25, 0.3) is 5.69 Å². The van der Waals surface area contributed by atoms with Crippen LogP contribution in [0.5, 0.6) is 0 Å². The number of aryl methyl sites for hydroxylation is 1. The molecule has 0 bridgehead atoms. The molecule has 0 saturated heterocycles. The van der Waals surface area contributed by atoms with Gasteiger partial charge in [-0.25, -0.2) is 4.68 Å². The number of carbonyl (C=O) groups is 2. The number of carbonyl (C=O) groups excluding carboxylic acids is 2. The van der Waals surface area contributed by atoms with Crippen molar-refractivity contribution in [1.29, 1.82) is 0 Å². The first-order valence-corrected chi connectivity index (χ1v) is 9.20. The molecule has 3 rings (SSSR count). The van der Waals surface area contributed by atoms with E-state index in [1.807, 2.05) is 38.1 Å². The fourth-order valence-electron chi connectivity index (χ4n) is 2.99. The number of halogens is 1. The Morgan fingerprint density at radius 1 is 1.14 bits per heavy atom. The molecule has 2 amide bonds. The number of hydrogen-bond acceptors (Lipinski definition) is 3. The summed E-state index contributed by atoms with van der Waals surface area (Å²) in [6.07, 6.45) is 1.78. The highest BCUT2D eigenvalue weighted by molar-refractivity contribution is 6.30. The molecule has 1 aromatic heterocycles. The average Bonchev–Trinajstić information content (AvgIpc) is 3.04. The lowest BCUT2D eigenvalue weighted by Crippen LogP contribution is -2.46. The van der Waals surface area contributed by atoms with Crippen LogP contribution in [0.1, 0.15) is 27.2 Å². The zero-order chi connectivity index (χ0) is 20.3. The fourth-order valence-corrected chi connectivity index (χ4v) is 3.12. The van der Waals surface area contributed by atoms with E-state index in [0.29, 0.717) is 16.3 Å². The molecule has 144 valence electrons. The van der Waals surface area contributed by atoms with E-state index in [1.165, 1.54) is 6.20 Å². The molecule has 1 heterocycles. The monoisotopic (exact) mass is 396 g/mol. The second-order valence-electron chi connectivity index (χ2n) is 6.60. The fraction of sp³-hybridized carbons (Fsp3) is 0.190. The van der Waals surface area contributed by atoms with E-state index in [0.717, 1.165) is 16.8 Å². The number of nitrogens with one attached hydrogen (secondary N) is 1. The number of primary amides is 1. The molecule has 1 atom stereocenters. The molecule has 0 aliphatic heterocycles. The van der Waals surface area contributed by atoms with Crippen molar-refractivity contribution in [1.82, 2.24) is 15.1 Å². The molecule has 0 fully saturated rings. The minimum atomic E-state index is -0.838. The Balaban J connectivity index is 1.80. The van der Waals surface area contributed by atoms with Gasteiger partial charge in [0.2, 0.25) is 5.91 Å². The summed E-state index contributed by atoms with van der Waals surface area (Å²) in [5.74, 6) is -0.998. The molecule has 7 heteroatoms. The summed E-state index contributed by atoms with van der Waals surface area (Å²) in [5, 5.41) is 7.65. The molecule has 2 aromatic carbocycles. The number of rotatable bonds is 6. The van der Waals surface area contributed by atoms with Crippen molar-refractivity contribution in [3.63, 3.8) is 0 Å². The number of benzene rings is 2. The van der Waals surface area contributed by atoms with Crippen molar-refractivity contribution in [3.05, 3.63) is 82.1 Å². The quantitative estimate of drug-likeness (QED) is 0.671. The van der Waals surface area contributed by atoms with E-state index in [9.17, 15) is 9.59 Å². The Labute approximate surface area is 168 Å². The van der Waals surface area contributed by atoms with E-state index in [-0.39, 0.29) is 6.42 Å². The van der Waals surface area contributed by atoms with E-state index >= 15 is 0 Å². The first kappa shape index (κ1) is 19.6. The molecule has 6 nitrogen and oxygen atoms in total. The summed E-state index contributed by atoms with van der Waals surface area (Å²) < 4.78 is 1.71. The van der Waals surface area contributed by atoms with Crippen LogP contribution in [0.2, 0.25) is 5.02 Å². The van der Waals surface area contributed by atoms with E-state index in [2.05, 4.69) is 10.4 Å². The van der Waals surface area contributed by atoms with Crippen LogP contribution in [0.3, 0.4) is 0 Å². The van der Waals surface area contributed by atoms with Gasteiger partial charge in [0.15, 0.2) is 0 Å². The van der Waals surface area contributed by atoms with Crippen molar-refractivity contribution in [3.8, 4) is 5.69 Å². The summed E-state index contributed by atoms with van der Waals surface area (Å²) >= 11 is 5.89. The van der Waals surface area contributed by atoms with E-state index < -0.39 is 17.9 Å². The third-order valence-electron chi connectivity index (χ3n) is 4.60. The molecular formula is C21H21ClN4O2. The number of hydrogen-bond donors (Lipinski definition) is 2. The second kappa shape index (κ2) is 8.27. The van der Waals surface area contributed by atoms with Gasteiger partial charge in [-0.15, -0.1) is 0 Å². The predicted molar refractivity (Wildman–Crippen MR) is 109 cm³/mol. The van der Waals surface area contributed by atoms with E-state index in [1.54, 1.807) is 28.9 Å². The smallest absolute Gasteiger partial charge is 0.255 e. The minimum Gasteiger partial charge on any atom is -0.368 e. The van der Waals surface area contributed by atoms with Gasteiger partial charge in [0, 0.05) is 11.4 Å². The molecule has 1 unspecified atom stereocenters. The number of aromatic nitrogens is 2. The highest BCUT2D eigenvalue weighted by Crippen LogP contribution is 2.18. The molecule has 3 N–H and O–H groups in total. The second-order valence-corrected chi connectivity index (χ2v) is 7.04. The Hall–Kier alpha value is -3.12. The van der Waals surface area contributed by atoms with Crippen LogP contribution in [0, 0.1) is 13.8 Å². The standard InChI is InChI=1S/C21H21ClN4O2/c1-13-5-3-4-6-19(13)26-14(2)17(12-24-26)21(28)25-18(20(23)27)11-15-7-9-16(22)10-8-15/h3-10,12,18H,11H2,1-2H3,(H2,23,27)(H,25,28). The molecule has 3 aromatic rings. The number of para-hydroxylation sites is 1. The third-order valence-corrected chi connectivity index (χ3v) is 4.85. The SMILES string of the molecule is Cc1ccccc1-n1ncc(C(=O)NC(Cc2ccc(Cl)cc2)C(N)=O)c1C. The molecule has 0 radical (unpaired) electrons. The summed E-state index contributed by atoms with van der Waals surface area (Å²) in [4.78, 5) is 24.6. The maximum absolute atomic E-state index is 12.8. The van der Waals surface area contributed by atoms with Gasteiger partial charge in [0.1, 0.15) is 6.04 Å². The molecular weight excluding hydrogens is 376 g/mol. The van der Waals surface area contributed by atoms with Gasteiger partial charge in [0.05, 0.1) is 23.1 Å². The van der Waals surface area contributed by atoms with Crippen molar-refractivity contribution in [2.45, 2.75) is 26.3 Å². The molecule has 0 saturated carbocycles. The maximum Gasteiger partial charge on any atom is 0.255 e. The van der Waals surface area contributed by atoms with Gasteiger partial charge in [0.25, 0.3) is 5.91 Å². The number of nitrogens with zero attached hydrogens (tertiary/aromatic N) is 2. The lowest BCUT2D eigenvalue weighted by atomic mass is 10.0. The number of amides is 2. The minimum absolute atomic E-state index is 0.281. The largest absolute Gasteiger partial charge is 0.368 e. The maximum atomic E-state index is 12.8.